The van der Waals surface area contributed by atoms with E-state index >= 15 is 0 Å². The van der Waals surface area contributed by atoms with Crippen molar-refractivity contribution in [1.82, 2.24) is 19.9 Å². The number of nitrogens with one attached hydrogen (secondary N) is 2. The zero-order chi connectivity index (χ0) is 13.7. The fourth-order valence-electron chi connectivity index (χ4n) is 1.63. The summed E-state index contributed by atoms with van der Waals surface area (Å²) in [6.45, 7) is 0.738. The highest BCUT2D eigenvalue weighted by atomic mass is 16.2. The van der Waals surface area contributed by atoms with Gasteiger partial charge in [0.1, 0.15) is 11.6 Å². The third kappa shape index (κ3) is 3.54. The van der Waals surface area contributed by atoms with Crippen molar-refractivity contribution in [2.45, 2.75) is 6.42 Å². The summed E-state index contributed by atoms with van der Waals surface area (Å²) in [6, 6.07) is 3.57. The molecule has 19 heavy (non-hydrogen) atoms. The zero-order valence-electron chi connectivity index (χ0n) is 11.1. The Morgan fingerprint density at radius 2 is 2.21 bits per heavy atom. The summed E-state index contributed by atoms with van der Waals surface area (Å²) in [5.41, 5.74) is 0.585. The molecule has 0 bridgehead atoms. The van der Waals surface area contributed by atoms with Gasteiger partial charge >= 0.3 is 0 Å². The Labute approximate surface area is 111 Å². The molecule has 0 unspecified atom stereocenters. The highest BCUT2D eigenvalue weighted by Crippen LogP contribution is 2.06. The molecule has 0 fully saturated rings. The largest absolute Gasteiger partial charge is 0.370 e. The summed E-state index contributed by atoms with van der Waals surface area (Å²) in [5.74, 6) is 1.64. The first-order chi connectivity index (χ1) is 9.16. The van der Waals surface area contributed by atoms with E-state index in [0.717, 1.165) is 24.6 Å². The second-order valence-corrected chi connectivity index (χ2v) is 4.34. The van der Waals surface area contributed by atoms with Crippen LogP contribution in [0, 0.1) is 0 Å². The van der Waals surface area contributed by atoms with Crippen LogP contribution in [0.25, 0.3) is 0 Å². The summed E-state index contributed by atoms with van der Waals surface area (Å²) >= 11 is 0. The van der Waals surface area contributed by atoms with E-state index in [-0.39, 0.29) is 5.91 Å². The van der Waals surface area contributed by atoms with Gasteiger partial charge in [0.25, 0.3) is 5.91 Å². The van der Waals surface area contributed by atoms with Crippen LogP contribution >= 0.6 is 0 Å². The Hall–Kier alpha value is -2.37. The van der Waals surface area contributed by atoms with Crippen molar-refractivity contribution >= 4 is 11.7 Å². The highest BCUT2D eigenvalue weighted by molar-refractivity contribution is 5.93. The third-order valence-corrected chi connectivity index (χ3v) is 2.64. The van der Waals surface area contributed by atoms with Gasteiger partial charge in [0, 0.05) is 45.7 Å². The Morgan fingerprint density at radius 1 is 1.37 bits per heavy atom. The number of hydrogen-bond donors (Lipinski definition) is 2. The molecule has 6 heteroatoms. The van der Waals surface area contributed by atoms with Crippen molar-refractivity contribution in [2.24, 2.45) is 0 Å². The lowest BCUT2D eigenvalue weighted by Gasteiger charge is -2.10. The van der Waals surface area contributed by atoms with Gasteiger partial charge in [0.2, 0.25) is 0 Å². The number of imidazole rings is 1. The third-order valence-electron chi connectivity index (χ3n) is 2.64. The standard InChI is InChI=1S/C13H17N5O/c1-18(2)13(19)10-3-4-11(17-9-10)14-6-5-12-15-7-8-16-12/h3-4,7-9H,5-6H2,1-2H3,(H,14,17)(H,15,16). The van der Waals surface area contributed by atoms with Crippen LogP contribution < -0.4 is 5.32 Å². The molecule has 0 aliphatic carbocycles. The number of aromatic nitrogens is 3. The topological polar surface area (TPSA) is 73.9 Å². The highest BCUT2D eigenvalue weighted by Gasteiger charge is 2.07. The van der Waals surface area contributed by atoms with Crippen LogP contribution in [0.2, 0.25) is 0 Å². The summed E-state index contributed by atoms with van der Waals surface area (Å²) in [7, 11) is 3.44. The fraction of sp³-hybridized carbons (Fsp3) is 0.308. The van der Waals surface area contributed by atoms with Gasteiger partial charge in [0.15, 0.2) is 0 Å². The Bertz CT molecular complexity index is 518. The number of carbonyl (C=O) groups excluding carboxylic acids is 1. The number of carbonyl (C=O) groups is 1. The molecule has 6 nitrogen and oxygen atoms in total. The number of rotatable bonds is 5. The maximum absolute atomic E-state index is 11.7. The van der Waals surface area contributed by atoms with Gasteiger partial charge in [-0.05, 0) is 12.1 Å². The first kappa shape index (κ1) is 13.1. The maximum Gasteiger partial charge on any atom is 0.254 e. The van der Waals surface area contributed by atoms with Gasteiger partial charge in [-0.3, -0.25) is 4.79 Å². The van der Waals surface area contributed by atoms with Crippen LogP contribution in [-0.4, -0.2) is 46.4 Å². The van der Waals surface area contributed by atoms with Crippen molar-refractivity contribution in [3.8, 4) is 0 Å². The average molecular weight is 259 g/mol. The summed E-state index contributed by atoms with van der Waals surface area (Å²) in [5, 5.41) is 3.18. The molecule has 1 amide bonds. The summed E-state index contributed by atoms with van der Waals surface area (Å²) < 4.78 is 0. The van der Waals surface area contributed by atoms with Crippen LogP contribution in [0.5, 0.6) is 0 Å². The molecule has 2 aromatic rings. The minimum Gasteiger partial charge on any atom is -0.370 e. The number of amides is 1. The molecular weight excluding hydrogens is 242 g/mol. The van der Waals surface area contributed by atoms with Crippen molar-refractivity contribution < 1.29 is 4.79 Å². The first-order valence-corrected chi connectivity index (χ1v) is 6.06. The molecule has 0 saturated carbocycles. The number of anilines is 1. The number of aromatic amines is 1. The van der Waals surface area contributed by atoms with Crippen molar-refractivity contribution in [1.29, 1.82) is 0 Å². The Morgan fingerprint density at radius 3 is 2.79 bits per heavy atom. The number of hydrogen-bond acceptors (Lipinski definition) is 4. The Balaban J connectivity index is 1.86. The lowest BCUT2D eigenvalue weighted by atomic mass is 10.2. The van der Waals surface area contributed by atoms with Gasteiger partial charge < -0.3 is 15.2 Å². The monoisotopic (exact) mass is 259 g/mol. The van der Waals surface area contributed by atoms with Crippen LogP contribution in [0.15, 0.2) is 30.7 Å². The van der Waals surface area contributed by atoms with E-state index in [1.54, 1.807) is 44.8 Å². The lowest BCUT2D eigenvalue weighted by molar-refractivity contribution is 0.0827. The molecule has 0 spiro atoms. The van der Waals surface area contributed by atoms with E-state index in [1.807, 2.05) is 0 Å². The molecular formula is C13H17N5O. The molecule has 0 aliphatic rings. The minimum atomic E-state index is -0.0466. The predicted molar refractivity (Wildman–Crippen MR) is 73.0 cm³/mol. The quantitative estimate of drug-likeness (QED) is 0.845. The molecule has 0 saturated heterocycles. The number of nitrogens with zero attached hydrogens (tertiary/aromatic N) is 3. The smallest absolute Gasteiger partial charge is 0.254 e. The normalized spacial score (nSPS) is 10.2. The number of H-pyrrole nitrogens is 1. The van der Waals surface area contributed by atoms with Crippen molar-refractivity contribution in [2.75, 3.05) is 26.0 Å². The van der Waals surface area contributed by atoms with E-state index < -0.39 is 0 Å². The molecule has 0 aromatic carbocycles. The van der Waals surface area contributed by atoms with E-state index in [4.69, 9.17) is 0 Å². The maximum atomic E-state index is 11.7. The lowest BCUT2D eigenvalue weighted by Crippen LogP contribution is -2.21. The van der Waals surface area contributed by atoms with Gasteiger partial charge in [-0.15, -0.1) is 0 Å². The number of pyridine rings is 1. The zero-order valence-corrected chi connectivity index (χ0v) is 11.1. The molecule has 2 heterocycles. The molecule has 0 aliphatic heterocycles. The molecule has 0 radical (unpaired) electrons. The van der Waals surface area contributed by atoms with Gasteiger partial charge in [-0.25, -0.2) is 9.97 Å². The molecule has 2 aromatic heterocycles. The van der Waals surface area contributed by atoms with Crippen LogP contribution in [0.3, 0.4) is 0 Å². The average Bonchev–Trinajstić information content (AvgIpc) is 2.92. The second kappa shape index (κ2) is 5.99. The SMILES string of the molecule is CN(C)C(=O)c1ccc(NCCc2ncc[nH]2)nc1. The first-order valence-electron chi connectivity index (χ1n) is 6.06. The van der Waals surface area contributed by atoms with Crippen LogP contribution in [0.1, 0.15) is 16.2 Å². The predicted octanol–water partition coefficient (Wildman–Crippen LogP) is 1.16. The van der Waals surface area contributed by atoms with E-state index in [1.165, 1.54) is 4.90 Å². The molecule has 2 N–H and O–H groups in total. The molecule has 0 atom stereocenters. The van der Waals surface area contributed by atoms with Gasteiger partial charge in [0.05, 0.1) is 5.56 Å². The van der Waals surface area contributed by atoms with E-state index in [9.17, 15) is 4.79 Å². The van der Waals surface area contributed by atoms with Crippen LogP contribution in [-0.2, 0) is 6.42 Å². The Kier molecular flexibility index (Phi) is 4.12. The van der Waals surface area contributed by atoms with Gasteiger partial charge in [-0.2, -0.15) is 0 Å². The fourth-order valence-corrected chi connectivity index (χ4v) is 1.63. The summed E-state index contributed by atoms with van der Waals surface area (Å²) in [6.07, 6.45) is 5.91. The second-order valence-electron chi connectivity index (χ2n) is 4.34. The van der Waals surface area contributed by atoms with E-state index in [0.29, 0.717) is 5.56 Å². The van der Waals surface area contributed by atoms with Gasteiger partial charge in [-0.1, -0.05) is 0 Å². The van der Waals surface area contributed by atoms with E-state index in [2.05, 4.69) is 20.3 Å². The van der Waals surface area contributed by atoms with Crippen LogP contribution in [0.4, 0.5) is 5.82 Å². The minimum absolute atomic E-state index is 0.0466. The van der Waals surface area contributed by atoms with Crippen molar-refractivity contribution in [3.63, 3.8) is 0 Å². The summed E-state index contributed by atoms with van der Waals surface area (Å²) in [4.78, 5) is 24.6. The molecule has 100 valence electrons. The van der Waals surface area contributed by atoms with Crippen molar-refractivity contribution in [3.05, 3.63) is 42.1 Å². The molecule has 2 rings (SSSR count).